The molecule has 0 spiro atoms. The maximum Gasteiger partial charge on any atom is 0.241 e. The molecule has 0 heterocycles. The highest BCUT2D eigenvalue weighted by molar-refractivity contribution is 9.10. The molecule has 0 amide bonds. The second-order valence-electron chi connectivity index (χ2n) is 6.11. The smallest absolute Gasteiger partial charge is 0.224 e. The van der Waals surface area contributed by atoms with Crippen LogP contribution in [0.2, 0.25) is 0 Å². The van der Waals surface area contributed by atoms with Gasteiger partial charge < -0.3 is 0 Å². The Morgan fingerprint density at radius 3 is 1.84 bits per heavy atom. The van der Waals surface area contributed by atoms with Crippen molar-refractivity contribution in [3.8, 4) is 0 Å². The zero-order valence-corrected chi connectivity index (χ0v) is 17.4. The number of hydrogen-bond donors (Lipinski definition) is 1. The van der Waals surface area contributed by atoms with Crippen molar-refractivity contribution < 1.29 is 16.8 Å². The number of sulfonamides is 1. The van der Waals surface area contributed by atoms with Gasteiger partial charge in [-0.3, -0.25) is 0 Å². The first kappa shape index (κ1) is 20.1. The first-order valence-corrected chi connectivity index (χ1v) is 11.5. The van der Waals surface area contributed by atoms with E-state index >= 15 is 0 Å². The lowest BCUT2D eigenvalue weighted by Crippen LogP contribution is -2.40. The van der Waals surface area contributed by atoms with Crippen molar-refractivity contribution in [3.63, 3.8) is 0 Å². The summed E-state index contributed by atoms with van der Waals surface area (Å²) in [5, 5.41) is 0. The van der Waals surface area contributed by atoms with Gasteiger partial charge in [0.05, 0.1) is 21.1 Å². The number of nitrogens with one attached hydrogen (secondary N) is 1. The van der Waals surface area contributed by atoms with Crippen LogP contribution in [0.25, 0.3) is 0 Å². The van der Waals surface area contributed by atoms with Crippen LogP contribution in [0.15, 0.2) is 62.8 Å². The van der Waals surface area contributed by atoms with Gasteiger partial charge in [-0.15, -0.1) is 0 Å². The Labute approximate surface area is 157 Å². The highest BCUT2D eigenvalue weighted by Crippen LogP contribution is 2.25. The van der Waals surface area contributed by atoms with Crippen molar-refractivity contribution in [2.75, 3.05) is 5.75 Å². The fourth-order valence-corrected chi connectivity index (χ4v) is 4.86. The minimum absolute atomic E-state index is 0.0211. The lowest BCUT2D eigenvalue weighted by Gasteiger charge is -2.26. The Morgan fingerprint density at radius 1 is 0.880 bits per heavy atom. The predicted molar refractivity (Wildman–Crippen MR) is 102 cm³/mol. The summed E-state index contributed by atoms with van der Waals surface area (Å²) >= 11 is 3.35. The van der Waals surface area contributed by atoms with E-state index in [-0.39, 0.29) is 15.5 Å². The van der Waals surface area contributed by atoms with Gasteiger partial charge in [0, 0.05) is 4.47 Å². The van der Waals surface area contributed by atoms with Crippen LogP contribution in [0.3, 0.4) is 0 Å². The first-order valence-electron chi connectivity index (χ1n) is 7.61. The van der Waals surface area contributed by atoms with Gasteiger partial charge in [0.2, 0.25) is 10.0 Å². The molecule has 5 nitrogen and oxygen atoms in total. The Hall–Kier alpha value is -1.22. The number of hydrogen-bond acceptors (Lipinski definition) is 4. The van der Waals surface area contributed by atoms with Crippen LogP contribution in [0.1, 0.15) is 26.3 Å². The van der Waals surface area contributed by atoms with E-state index in [0.29, 0.717) is 0 Å². The van der Waals surface area contributed by atoms with Gasteiger partial charge >= 0.3 is 0 Å². The molecule has 0 aliphatic carbocycles. The van der Waals surface area contributed by atoms with Crippen LogP contribution < -0.4 is 4.72 Å². The standard InChI is InChI=1S/C17H20BrNO4S2/c1-4-24(20,21)15-9-11-16(12-10-15)25(22,23)19-17(2,3)13-5-7-14(18)8-6-13/h5-12,19H,4H2,1-3H3. The summed E-state index contributed by atoms with van der Waals surface area (Å²) in [6.07, 6.45) is 0. The average Bonchev–Trinajstić information content (AvgIpc) is 2.54. The summed E-state index contributed by atoms with van der Waals surface area (Å²) in [4.78, 5) is 0.133. The van der Waals surface area contributed by atoms with Gasteiger partial charge in [0.15, 0.2) is 9.84 Å². The van der Waals surface area contributed by atoms with E-state index in [2.05, 4.69) is 20.7 Å². The molecule has 2 aromatic carbocycles. The van der Waals surface area contributed by atoms with Crippen LogP contribution >= 0.6 is 15.9 Å². The quantitative estimate of drug-likeness (QED) is 0.737. The molecule has 0 aliphatic heterocycles. The van der Waals surface area contributed by atoms with Crippen molar-refractivity contribution in [1.82, 2.24) is 4.72 Å². The van der Waals surface area contributed by atoms with E-state index in [0.717, 1.165) is 10.0 Å². The van der Waals surface area contributed by atoms with Crippen LogP contribution in [0.5, 0.6) is 0 Å². The van der Waals surface area contributed by atoms with Crippen LogP contribution in [0.4, 0.5) is 0 Å². The minimum atomic E-state index is -3.80. The molecular formula is C17H20BrNO4S2. The molecule has 0 bridgehead atoms. The number of halogens is 1. The summed E-state index contributed by atoms with van der Waals surface area (Å²) in [6, 6.07) is 12.6. The molecule has 2 aromatic rings. The Balaban J connectivity index is 2.31. The molecule has 25 heavy (non-hydrogen) atoms. The van der Waals surface area contributed by atoms with Gasteiger partial charge in [0.1, 0.15) is 0 Å². The predicted octanol–water partition coefficient (Wildman–Crippen LogP) is 3.46. The van der Waals surface area contributed by atoms with E-state index in [1.54, 1.807) is 20.8 Å². The summed E-state index contributed by atoms with van der Waals surface area (Å²) in [6.45, 7) is 5.08. The molecule has 0 unspecified atom stereocenters. The minimum Gasteiger partial charge on any atom is -0.224 e. The van der Waals surface area contributed by atoms with Gasteiger partial charge in [-0.25, -0.2) is 21.6 Å². The van der Waals surface area contributed by atoms with Gasteiger partial charge in [-0.05, 0) is 55.8 Å². The van der Waals surface area contributed by atoms with Crippen molar-refractivity contribution in [3.05, 3.63) is 58.6 Å². The molecule has 0 radical (unpaired) electrons. The lowest BCUT2D eigenvalue weighted by atomic mass is 9.96. The summed E-state index contributed by atoms with van der Waals surface area (Å²) in [5.74, 6) is -0.0338. The van der Waals surface area contributed by atoms with Crippen LogP contribution in [-0.4, -0.2) is 22.6 Å². The maximum atomic E-state index is 12.6. The number of rotatable bonds is 6. The van der Waals surface area contributed by atoms with E-state index in [9.17, 15) is 16.8 Å². The van der Waals surface area contributed by atoms with Gasteiger partial charge in [0.25, 0.3) is 0 Å². The monoisotopic (exact) mass is 445 g/mol. The average molecular weight is 446 g/mol. The molecule has 8 heteroatoms. The second kappa shape index (κ2) is 7.19. The van der Waals surface area contributed by atoms with Crippen molar-refractivity contribution in [2.24, 2.45) is 0 Å². The van der Waals surface area contributed by atoms with Gasteiger partial charge in [-0.2, -0.15) is 0 Å². The largest absolute Gasteiger partial charge is 0.241 e. The molecule has 0 fully saturated rings. The third kappa shape index (κ3) is 4.69. The Bertz CT molecular complexity index is 949. The highest BCUT2D eigenvalue weighted by atomic mass is 79.9. The molecule has 1 N–H and O–H groups in total. The number of benzene rings is 2. The van der Waals surface area contributed by atoms with Gasteiger partial charge in [-0.1, -0.05) is 35.0 Å². The zero-order valence-electron chi connectivity index (χ0n) is 14.2. The maximum absolute atomic E-state index is 12.6. The normalized spacial score (nSPS) is 13.0. The molecule has 0 saturated heterocycles. The van der Waals surface area contributed by atoms with E-state index in [1.807, 2.05) is 24.3 Å². The first-order chi connectivity index (χ1) is 11.5. The fourth-order valence-electron chi connectivity index (χ4n) is 2.31. The summed E-state index contributed by atoms with van der Waals surface area (Å²) in [7, 11) is -7.16. The Morgan fingerprint density at radius 2 is 1.36 bits per heavy atom. The molecule has 136 valence electrons. The third-order valence-corrected chi connectivity index (χ3v) is 7.78. The topological polar surface area (TPSA) is 80.3 Å². The fraction of sp³-hybridized carbons (Fsp3) is 0.294. The van der Waals surface area contributed by atoms with E-state index in [1.165, 1.54) is 24.3 Å². The molecule has 0 aliphatic rings. The van der Waals surface area contributed by atoms with Crippen molar-refractivity contribution in [2.45, 2.75) is 36.1 Å². The SMILES string of the molecule is CCS(=O)(=O)c1ccc(S(=O)(=O)NC(C)(C)c2ccc(Br)cc2)cc1. The highest BCUT2D eigenvalue weighted by Gasteiger charge is 2.28. The summed E-state index contributed by atoms with van der Waals surface area (Å²) in [5.41, 5.74) is -0.0160. The van der Waals surface area contributed by atoms with Crippen LogP contribution in [-0.2, 0) is 25.4 Å². The Kier molecular flexibility index (Phi) is 5.78. The third-order valence-electron chi connectivity index (χ3n) is 3.83. The molecular weight excluding hydrogens is 426 g/mol. The van der Waals surface area contributed by atoms with E-state index < -0.39 is 25.4 Å². The second-order valence-corrected chi connectivity index (χ2v) is 11.0. The molecule has 0 atom stereocenters. The lowest BCUT2D eigenvalue weighted by molar-refractivity contribution is 0.472. The van der Waals surface area contributed by atoms with Crippen molar-refractivity contribution in [1.29, 1.82) is 0 Å². The molecule has 0 saturated carbocycles. The van der Waals surface area contributed by atoms with E-state index in [4.69, 9.17) is 0 Å². The molecule has 0 aromatic heterocycles. The summed E-state index contributed by atoms with van der Waals surface area (Å²) < 4.78 is 52.5. The van der Waals surface area contributed by atoms with Crippen LogP contribution in [0, 0.1) is 0 Å². The number of sulfone groups is 1. The molecule has 2 rings (SSSR count). The zero-order chi connectivity index (χ0) is 18.9. The van der Waals surface area contributed by atoms with Crippen molar-refractivity contribution >= 4 is 35.8 Å².